The number of benzene rings is 4. The monoisotopic (exact) mass is 394 g/mol. The topological polar surface area (TPSA) is 72.2 Å². The fourth-order valence-electron chi connectivity index (χ4n) is 3.21. The molecule has 0 aromatic heterocycles. The molecule has 0 atom stereocenters. The lowest BCUT2D eigenvalue weighted by molar-refractivity contribution is -0.383. The van der Waals surface area contributed by atoms with Crippen LogP contribution in [0.4, 0.5) is 17.1 Å². The number of nitro groups is 1. The molecular weight excluding hydrogens is 376 g/mol. The van der Waals surface area contributed by atoms with Gasteiger partial charge < -0.3 is 5.32 Å². The number of hydrogen-bond donors (Lipinski definition) is 1. The first-order valence-electron chi connectivity index (χ1n) is 9.42. The zero-order chi connectivity index (χ0) is 20.9. The van der Waals surface area contributed by atoms with Gasteiger partial charge in [-0.3, -0.25) is 14.9 Å². The van der Waals surface area contributed by atoms with Crippen molar-refractivity contribution < 1.29 is 9.72 Å². The zero-order valence-corrected chi connectivity index (χ0v) is 16.0. The largest absolute Gasteiger partial charge is 0.350 e. The van der Waals surface area contributed by atoms with E-state index in [0.717, 1.165) is 11.1 Å². The van der Waals surface area contributed by atoms with Crippen LogP contribution in [0.5, 0.6) is 0 Å². The molecule has 0 aliphatic heterocycles. The fourth-order valence-corrected chi connectivity index (χ4v) is 3.21. The van der Waals surface area contributed by atoms with E-state index in [1.165, 1.54) is 6.07 Å². The third-order valence-corrected chi connectivity index (χ3v) is 4.78. The van der Waals surface area contributed by atoms with Gasteiger partial charge in [-0.1, -0.05) is 66.7 Å². The highest BCUT2D eigenvalue weighted by atomic mass is 16.6. The summed E-state index contributed by atoms with van der Waals surface area (Å²) in [6.07, 6.45) is 0. The maximum Gasteiger partial charge on any atom is 0.292 e. The number of rotatable bonds is 6. The van der Waals surface area contributed by atoms with Crippen molar-refractivity contribution in [2.75, 3.05) is 5.32 Å². The number of anilines is 2. The number of nitro benzene ring substituents is 1. The van der Waals surface area contributed by atoms with Gasteiger partial charge in [-0.15, -0.1) is 0 Å². The maximum absolute atomic E-state index is 12.8. The second-order valence-corrected chi connectivity index (χ2v) is 6.75. The van der Waals surface area contributed by atoms with Crippen molar-refractivity contribution in [1.29, 1.82) is 0 Å². The summed E-state index contributed by atoms with van der Waals surface area (Å²) in [4.78, 5) is 23.5. The summed E-state index contributed by atoms with van der Waals surface area (Å²) >= 11 is 0. The molecule has 4 rings (SSSR count). The first-order chi connectivity index (χ1) is 14.6. The van der Waals surface area contributed by atoms with Gasteiger partial charge in [-0.25, -0.2) is 0 Å². The van der Waals surface area contributed by atoms with E-state index in [1.54, 1.807) is 42.5 Å². The van der Waals surface area contributed by atoms with Crippen molar-refractivity contribution in [3.8, 4) is 11.1 Å². The second kappa shape index (κ2) is 8.41. The highest BCUT2D eigenvalue weighted by Gasteiger charge is 2.13. The van der Waals surface area contributed by atoms with Crippen LogP contribution in [0.2, 0.25) is 0 Å². The molecule has 0 saturated heterocycles. The van der Waals surface area contributed by atoms with Crippen LogP contribution < -0.4 is 5.32 Å². The molecule has 0 unspecified atom stereocenters. The standard InChI is InChI=1S/C25H18N2O3/c28-25(20-12-10-19(11-13-20)18-6-2-1-3-7-18)21-14-16-22(17-15-21)26-23-8-4-5-9-24(23)27(29)30/h1-17,26H. The summed E-state index contributed by atoms with van der Waals surface area (Å²) in [5.41, 5.74) is 4.37. The number of hydrogen-bond acceptors (Lipinski definition) is 4. The van der Waals surface area contributed by atoms with E-state index >= 15 is 0 Å². The van der Waals surface area contributed by atoms with Crippen LogP contribution in [0, 0.1) is 10.1 Å². The Bertz CT molecular complexity index is 1190. The van der Waals surface area contributed by atoms with Gasteiger partial charge in [-0.05, 0) is 41.5 Å². The van der Waals surface area contributed by atoms with Crippen LogP contribution in [0.3, 0.4) is 0 Å². The number of carbonyl (C=O) groups excluding carboxylic acids is 1. The normalized spacial score (nSPS) is 10.4. The van der Waals surface area contributed by atoms with Crippen LogP contribution in [0.25, 0.3) is 11.1 Å². The van der Waals surface area contributed by atoms with Crippen molar-refractivity contribution in [3.63, 3.8) is 0 Å². The molecule has 0 heterocycles. The molecule has 4 aromatic carbocycles. The lowest BCUT2D eigenvalue weighted by Crippen LogP contribution is -2.02. The fraction of sp³-hybridized carbons (Fsp3) is 0. The third kappa shape index (κ3) is 4.10. The Labute approximate surface area is 173 Å². The van der Waals surface area contributed by atoms with Crippen molar-refractivity contribution in [1.82, 2.24) is 0 Å². The molecular formula is C25H18N2O3. The predicted molar refractivity (Wildman–Crippen MR) is 118 cm³/mol. The first kappa shape index (κ1) is 19.1. The number of nitrogens with one attached hydrogen (secondary N) is 1. The van der Waals surface area contributed by atoms with E-state index in [0.29, 0.717) is 22.5 Å². The van der Waals surface area contributed by atoms with Gasteiger partial charge in [-0.2, -0.15) is 0 Å². The minimum absolute atomic E-state index is 0.00356. The summed E-state index contributed by atoms with van der Waals surface area (Å²) in [6, 6.07) is 30.8. The quantitative estimate of drug-likeness (QED) is 0.239. The summed E-state index contributed by atoms with van der Waals surface area (Å²) < 4.78 is 0. The molecule has 0 fully saturated rings. The van der Waals surface area contributed by atoms with Gasteiger partial charge in [0, 0.05) is 22.9 Å². The summed E-state index contributed by atoms with van der Waals surface area (Å²) in [6.45, 7) is 0. The average molecular weight is 394 g/mol. The molecule has 1 N–H and O–H groups in total. The molecule has 0 aliphatic carbocycles. The molecule has 0 aliphatic rings. The Morgan fingerprint density at radius 2 is 1.20 bits per heavy atom. The van der Waals surface area contributed by atoms with Gasteiger partial charge >= 0.3 is 0 Å². The molecule has 0 radical (unpaired) electrons. The Balaban J connectivity index is 1.50. The third-order valence-electron chi connectivity index (χ3n) is 4.78. The Morgan fingerprint density at radius 1 is 0.667 bits per heavy atom. The lowest BCUT2D eigenvalue weighted by atomic mass is 9.99. The summed E-state index contributed by atoms with van der Waals surface area (Å²) in [5, 5.41) is 14.2. The molecule has 0 amide bonds. The number of ketones is 1. The molecule has 0 saturated carbocycles. The van der Waals surface area contributed by atoms with E-state index in [1.807, 2.05) is 54.6 Å². The molecule has 0 bridgehead atoms. The van der Waals surface area contributed by atoms with Crippen molar-refractivity contribution in [2.45, 2.75) is 0 Å². The zero-order valence-electron chi connectivity index (χ0n) is 16.0. The van der Waals surface area contributed by atoms with Gasteiger partial charge in [0.15, 0.2) is 5.78 Å². The minimum atomic E-state index is -0.431. The van der Waals surface area contributed by atoms with Gasteiger partial charge in [0.25, 0.3) is 5.69 Å². The van der Waals surface area contributed by atoms with Crippen molar-refractivity contribution in [3.05, 3.63) is 124 Å². The molecule has 5 heteroatoms. The smallest absolute Gasteiger partial charge is 0.292 e. The van der Waals surface area contributed by atoms with Gasteiger partial charge in [0.1, 0.15) is 5.69 Å². The van der Waals surface area contributed by atoms with E-state index in [9.17, 15) is 14.9 Å². The molecule has 4 aromatic rings. The van der Waals surface area contributed by atoms with Crippen LogP contribution in [-0.4, -0.2) is 10.7 Å². The minimum Gasteiger partial charge on any atom is -0.350 e. The Hall–Kier alpha value is -4.25. The van der Waals surface area contributed by atoms with Crippen molar-refractivity contribution in [2.24, 2.45) is 0 Å². The Morgan fingerprint density at radius 3 is 1.83 bits per heavy atom. The summed E-state index contributed by atoms with van der Waals surface area (Å²) in [7, 11) is 0. The maximum atomic E-state index is 12.8. The molecule has 30 heavy (non-hydrogen) atoms. The number of nitrogens with zero attached hydrogens (tertiary/aromatic N) is 1. The van der Waals surface area contributed by atoms with E-state index in [2.05, 4.69) is 5.32 Å². The van der Waals surface area contributed by atoms with E-state index in [4.69, 9.17) is 0 Å². The van der Waals surface area contributed by atoms with Gasteiger partial charge in [0.2, 0.25) is 0 Å². The SMILES string of the molecule is O=C(c1ccc(Nc2ccccc2[N+](=O)[O-])cc1)c1ccc(-c2ccccc2)cc1. The Kier molecular flexibility index (Phi) is 5.35. The second-order valence-electron chi connectivity index (χ2n) is 6.75. The van der Waals surface area contributed by atoms with Crippen LogP contribution in [-0.2, 0) is 0 Å². The van der Waals surface area contributed by atoms with Crippen LogP contribution >= 0.6 is 0 Å². The highest BCUT2D eigenvalue weighted by molar-refractivity contribution is 6.09. The average Bonchev–Trinajstić information content (AvgIpc) is 2.80. The highest BCUT2D eigenvalue weighted by Crippen LogP contribution is 2.27. The summed E-state index contributed by atoms with van der Waals surface area (Å²) in [5.74, 6) is -0.0770. The molecule has 5 nitrogen and oxygen atoms in total. The number of carbonyl (C=O) groups is 1. The first-order valence-corrected chi connectivity index (χ1v) is 9.42. The predicted octanol–water partition coefficient (Wildman–Crippen LogP) is 6.24. The lowest BCUT2D eigenvalue weighted by Gasteiger charge is -2.08. The van der Waals surface area contributed by atoms with Gasteiger partial charge in [0.05, 0.1) is 4.92 Å². The van der Waals surface area contributed by atoms with E-state index < -0.39 is 4.92 Å². The van der Waals surface area contributed by atoms with Crippen molar-refractivity contribution >= 4 is 22.8 Å². The molecule has 0 spiro atoms. The number of para-hydroxylation sites is 2. The van der Waals surface area contributed by atoms with Crippen LogP contribution in [0.15, 0.2) is 103 Å². The van der Waals surface area contributed by atoms with Crippen LogP contribution in [0.1, 0.15) is 15.9 Å². The van der Waals surface area contributed by atoms with E-state index in [-0.39, 0.29) is 11.5 Å². The molecule has 146 valence electrons.